The first-order valence-electron chi connectivity index (χ1n) is 3.23. The summed E-state index contributed by atoms with van der Waals surface area (Å²) in [5, 5.41) is 0. The van der Waals surface area contributed by atoms with E-state index < -0.39 is 0 Å². The summed E-state index contributed by atoms with van der Waals surface area (Å²) in [4.78, 5) is 14.8. The Morgan fingerprint density at radius 1 is 1.73 bits per heavy atom. The van der Waals surface area contributed by atoms with Gasteiger partial charge >= 0.3 is 5.97 Å². The van der Waals surface area contributed by atoms with Crippen molar-refractivity contribution < 1.29 is 9.53 Å². The Kier molecular flexibility index (Phi) is 1.94. The Bertz CT molecular complexity index is 278. The molecule has 0 fully saturated rings. The molecule has 4 nitrogen and oxygen atoms in total. The number of aryl methyl sites for hydroxylation is 1. The van der Waals surface area contributed by atoms with Gasteiger partial charge in [-0.2, -0.15) is 0 Å². The second kappa shape index (κ2) is 2.74. The van der Waals surface area contributed by atoms with Crippen LogP contribution in [0.5, 0.6) is 0 Å². The summed E-state index contributed by atoms with van der Waals surface area (Å²) in [5.41, 5.74) is 1.20. The Hall–Kier alpha value is -1.32. The fraction of sp³-hybridized carbons (Fsp3) is 0.429. The van der Waals surface area contributed by atoms with E-state index in [0.717, 1.165) is 5.69 Å². The maximum atomic E-state index is 10.9. The first kappa shape index (κ1) is 7.78. The van der Waals surface area contributed by atoms with Crippen molar-refractivity contribution in [3.05, 3.63) is 17.7 Å². The highest BCUT2D eigenvalue weighted by Gasteiger charge is 2.12. The van der Waals surface area contributed by atoms with E-state index in [2.05, 4.69) is 9.72 Å². The van der Waals surface area contributed by atoms with Crippen LogP contribution in [0, 0.1) is 6.92 Å². The van der Waals surface area contributed by atoms with Crippen molar-refractivity contribution in [2.24, 2.45) is 7.05 Å². The first-order chi connectivity index (χ1) is 5.16. The Labute approximate surface area is 64.8 Å². The van der Waals surface area contributed by atoms with Gasteiger partial charge in [-0.05, 0) is 6.92 Å². The summed E-state index contributed by atoms with van der Waals surface area (Å²) < 4.78 is 6.29. The van der Waals surface area contributed by atoms with Crippen molar-refractivity contribution in [1.29, 1.82) is 0 Å². The highest BCUT2D eigenvalue weighted by Crippen LogP contribution is 2.04. The molecule has 11 heavy (non-hydrogen) atoms. The van der Waals surface area contributed by atoms with Crippen LogP contribution in [-0.4, -0.2) is 22.6 Å². The van der Waals surface area contributed by atoms with Gasteiger partial charge in [0.2, 0.25) is 0 Å². The van der Waals surface area contributed by atoms with Crippen molar-refractivity contribution in [2.45, 2.75) is 6.92 Å². The highest BCUT2D eigenvalue weighted by atomic mass is 16.5. The van der Waals surface area contributed by atoms with Crippen molar-refractivity contribution in [1.82, 2.24) is 9.55 Å². The molecule has 0 saturated carbocycles. The molecule has 0 aliphatic heterocycles. The molecule has 1 aromatic heterocycles. The molecule has 0 aromatic carbocycles. The Morgan fingerprint density at radius 2 is 2.36 bits per heavy atom. The van der Waals surface area contributed by atoms with Crippen molar-refractivity contribution in [2.75, 3.05) is 7.11 Å². The predicted molar refractivity (Wildman–Crippen MR) is 39.3 cm³/mol. The molecular weight excluding hydrogens is 144 g/mol. The summed E-state index contributed by atoms with van der Waals surface area (Å²) in [7, 11) is 3.17. The monoisotopic (exact) mass is 154 g/mol. The summed E-state index contributed by atoms with van der Waals surface area (Å²) in [6, 6.07) is 0. The number of methoxy groups -OCH3 is 1. The van der Waals surface area contributed by atoms with E-state index in [1.165, 1.54) is 7.11 Å². The van der Waals surface area contributed by atoms with Gasteiger partial charge in [-0.1, -0.05) is 0 Å². The van der Waals surface area contributed by atoms with E-state index >= 15 is 0 Å². The van der Waals surface area contributed by atoms with Gasteiger partial charge in [0, 0.05) is 12.7 Å². The number of rotatable bonds is 1. The van der Waals surface area contributed by atoms with Gasteiger partial charge in [-0.25, -0.2) is 9.78 Å². The minimum Gasteiger partial charge on any atom is -0.464 e. The quantitative estimate of drug-likeness (QED) is 0.554. The van der Waals surface area contributed by atoms with Gasteiger partial charge < -0.3 is 9.30 Å². The van der Waals surface area contributed by atoms with Gasteiger partial charge in [0.05, 0.1) is 13.4 Å². The zero-order valence-electron chi connectivity index (χ0n) is 6.79. The van der Waals surface area contributed by atoms with Crippen molar-refractivity contribution >= 4 is 5.97 Å². The molecule has 4 heteroatoms. The normalized spacial score (nSPS) is 9.73. The van der Waals surface area contributed by atoms with Crippen LogP contribution in [-0.2, 0) is 11.8 Å². The molecule has 0 spiro atoms. The van der Waals surface area contributed by atoms with E-state index in [0.29, 0.717) is 5.69 Å². The van der Waals surface area contributed by atoms with Crippen LogP contribution in [0.2, 0.25) is 0 Å². The molecule has 0 aliphatic carbocycles. The SMILES string of the molecule is COC(=O)c1ncn(C)c1C. The number of carbonyl (C=O) groups excluding carboxylic acids is 1. The third-order valence-corrected chi connectivity index (χ3v) is 1.61. The smallest absolute Gasteiger partial charge is 0.358 e. The number of ether oxygens (including phenoxy) is 1. The average Bonchev–Trinajstić information content (AvgIpc) is 2.32. The lowest BCUT2D eigenvalue weighted by molar-refractivity contribution is 0.0593. The molecule has 0 N–H and O–H groups in total. The molecule has 1 heterocycles. The molecule has 0 bridgehead atoms. The number of aromatic nitrogens is 2. The topological polar surface area (TPSA) is 44.1 Å². The standard InChI is InChI=1S/C7H10N2O2/c1-5-6(7(10)11-3)8-4-9(5)2/h4H,1-3H3. The number of imidazole rings is 1. The Morgan fingerprint density at radius 3 is 2.73 bits per heavy atom. The van der Waals surface area contributed by atoms with E-state index in [9.17, 15) is 4.79 Å². The third-order valence-electron chi connectivity index (χ3n) is 1.61. The van der Waals surface area contributed by atoms with E-state index in [1.54, 1.807) is 10.9 Å². The molecule has 1 rings (SSSR count). The molecule has 60 valence electrons. The number of hydrogen-bond donors (Lipinski definition) is 0. The number of nitrogens with zero attached hydrogens (tertiary/aromatic N) is 2. The third kappa shape index (κ3) is 1.24. The van der Waals surface area contributed by atoms with Gasteiger partial charge in [-0.3, -0.25) is 0 Å². The molecule has 0 unspecified atom stereocenters. The predicted octanol–water partition coefficient (Wildman–Crippen LogP) is 0.515. The van der Waals surface area contributed by atoms with Gasteiger partial charge in [0.15, 0.2) is 5.69 Å². The molecule has 0 amide bonds. The summed E-state index contributed by atoms with van der Waals surface area (Å²) in [5.74, 6) is -0.386. The lowest BCUT2D eigenvalue weighted by atomic mass is 10.3. The minimum atomic E-state index is -0.386. The van der Waals surface area contributed by atoms with Crippen molar-refractivity contribution in [3.63, 3.8) is 0 Å². The van der Waals surface area contributed by atoms with E-state index in [1.807, 2.05) is 14.0 Å². The van der Waals surface area contributed by atoms with Crippen LogP contribution in [0.1, 0.15) is 16.2 Å². The molecule has 0 saturated heterocycles. The molecular formula is C7H10N2O2. The van der Waals surface area contributed by atoms with E-state index in [4.69, 9.17) is 0 Å². The lowest BCUT2D eigenvalue weighted by Crippen LogP contribution is -2.04. The van der Waals surface area contributed by atoms with Gasteiger partial charge in [-0.15, -0.1) is 0 Å². The Balaban J connectivity index is 3.04. The minimum absolute atomic E-state index is 0.384. The number of esters is 1. The fourth-order valence-corrected chi connectivity index (χ4v) is 0.788. The van der Waals surface area contributed by atoms with Crippen LogP contribution >= 0.6 is 0 Å². The van der Waals surface area contributed by atoms with Crippen LogP contribution in [0.3, 0.4) is 0 Å². The second-order valence-electron chi connectivity index (χ2n) is 2.28. The van der Waals surface area contributed by atoms with Crippen LogP contribution in [0.15, 0.2) is 6.33 Å². The highest BCUT2D eigenvalue weighted by molar-refractivity contribution is 5.88. The summed E-state index contributed by atoms with van der Waals surface area (Å²) >= 11 is 0. The largest absolute Gasteiger partial charge is 0.464 e. The molecule has 0 aliphatic rings. The number of hydrogen-bond acceptors (Lipinski definition) is 3. The number of carbonyl (C=O) groups is 1. The van der Waals surface area contributed by atoms with Gasteiger partial charge in [0.1, 0.15) is 0 Å². The average molecular weight is 154 g/mol. The van der Waals surface area contributed by atoms with E-state index in [-0.39, 0.29) is 5.97 Å². The summed E-state index contributed by atoms with van der Waals surface area (Å²) in [6.07, 6.45) is 1.58. The second-order valence-corrected chi connectivity index (χ2v) is 2.28. The van der Waals surface area contributed by atoms with Crippen LogP contribution in [0.4, 0.5) is 0 Å². The fourth-order valence-electron chi connectivity index (χ4n) is 0.788. The maximum absolute atomic E-state index is 10.9. The van der Waals surface area contributed by atoms with Crippen LogP contribution in [0.25, 0.3) is 0 Å². The van der Waals surface area contributed by atoms with Crippen LogP contribution < -0.4 is 0 Å². The first-order valence-corrected chi connectivity index (χ1v) is 3.23. The zero-order valence-corrected chi connectivity index (χ0v) is 6.79. The molecule has 1 aromatic rings. The maximum Gasteiger partial charge on any atom is 0.358 e. The molecule has 0 atom stereocenters. The van der Waals surface area contributed by atoms with Gasteiger partial charge in [0.25, 0.3) is 0 Å². The summed E-state index contributed by atoms with van der Waals surface area (Å²) in [6.45, 7) is 1.82. The zero-order chi connectivity index (χ0) is 8.43. The molecule has 0 radical (unpaired) electrons. The van der Waals surface area contributed by atoms with Crippen molar-refractivity contribution in [3.8, 4) is 0 Å². The lowest BCUT2D eigenvalue weighted by Gasteiger charge is -1.96.